The number of halogens is 4. The third kappa shape index (κ3) is 4.55. The number of carbonyl (C=O) groups excluding carboxylic acids is 2. The average Bonchev–Trinajstić information content (AvgIpc) is 2.44. The summed E-state index contributed by atoms with van der Waals surface area (Å²) in [6.45, 7) is 7.12. The van der Waals surface area contributed by atoms with Crippen LogP contribution in [0.15, 0.2) is 18.2 Å². The van der Waals surface area contributed by atoms with E-state index < -0.39 is 40.3 Å². The van der Waals surface area contributed by atoms with Crippen LogP contribution in [-0.2, 0) is 15.8 Å². The number of alkyl halides is 3. The van der Waals surface area contributed by atoms with Crippen molar-refractivity contribution in [1.29, 1.82) is 0 Å². The van der Waals surface area contributed by atoms with Gasteiger partial charge in [0.1, 0.15) is 0 Å². The summed E-state index contributed by atoms with van der Waals surface area (Å²) in [6.07, 6.45) is -3.78. The molecule has 0 saturated carbocycles. The lowest BCUT2D eigenvalue weighted by molar-refractivity contribution is -0.157. The van der Waals surface area contributed by atoms with Gasteiger partial charge in [-0.15, -0.1) is 0 Å². The Balaban J connectivity index is 2.33. The van der Waals surface area contributed by atoms with E-state index in [1.807, 2.05) is 0 Å². The first-order chi connectivity index (χ1) is 12.1. The molecule has 2 rings (SSSR count). The van der Waals surface area contributed by atoms with Crippen LogP contribution in [0.4, 0.5) is 18.9 Å². The number of carbonyl (C=O) groups is 2. The first-order valence-electron chi connectivity index (χ1n) is 8.43. The van der Waals surface area contributed by atoms with Crippen LogP contribution in [0.1, 0.15) is 46.1 Å². The maximum absolute atomic E-state index is 13.2. The van der Waals surface area contributed by atoms with E-state index in [0.717, 1.165) is 6.07 Å². The summed E-state index contributed by atoms with van der Waals surface area (Å²) in [7, 11) is 0. The lowest BCUT2D eigenvalue weighted by Gasteiger charge is -2.54. The molecular weight excluding hydrogens is 383 g/mol. The molecule has 2 amide bonds. The number of hydrogen-bond acceptors (Lipinski definition) is 3. The van der Waals surface area contributed by atoms with Crippen LogP contribution in [-0.4, -0.2) is 33.8 Å². The van der Waals surface area contributed by atoms with Crippen molar-refractivity contribution in [2.24, 2.45) is 5.73 Å². The van der Waals surface area contributed by atoms with E-state index in [1.165, 1.54) is 11.0 Å². The summed E-state index contributed by atoms with van der Waals surface area (Å²) in [6, 6.07) is 2.80. The first kappa shape index (κ1) is 21.5. The summed E-state index contributed by atoms with van der Waals surface area (Å²) >= 11 is 5.63. The van der Waals surface area contributed by atoms with Gasteiger partial charge in [0.05, 0.1) is 11.3 Å². The second-order valence-corrected chi connectivity index (χ2v) is 8.51. The number of amides is 2. The van der Waals surface area contributed by atoms with Gasteiger partial charge in [0, 0.05) is 22.1 Å². The standard InChI is InChI=1S/C18H23ClF3N3O2/c1-16(2)8-11(23)9-17(3,4)25(16)15(27)14(26)24-13-6-5-10(19)7-12(13)18(20,21)22/h5-7,11H,8-9,23H2,1-4H3,(H,24,26). The zero-order chi connectivity index (χ0) is 20.8. The third-order valence-electron chi connectivity index (χ3n) is 4.67. The topological polar surface area (TPSA) is 75.4 Å². The molecule has 1 aromatic carbocycles. The normalized spacial score (nSPS) is 19.7. The van der Waals surface area contributed by atoms with E-state index in [2.05, 4.69) is 5.32 Å². The number of benzene rings is 1. The number of nitrogens with two attached hydrogens (primary N) is 1. The van der Waals surface area contributed by atoms with Crippen molar-refractivity contribution in [3.63, 3.8) is 0 Å². The molecule has 0 aliphatic carbocycles. The monoisotopic (exact) mass is 405 g/mol. The Morgan fingerprint density at radius 1 is 1.19 bits per heavy atom. The smallest absolute Gasteiger partial charge is 0.328 e. The maximum Gasteiger partial charge on any atom is 0.418 e. The van der Waals surface area contributed by atoms with Crippen LogP contribution >= 0.6 is 11.6 Å². The predicted molar refractivity (Wildman–Crippen MR) is 97.3 cm³/mol. The fourth-order valence-electron chi connectivity index (χ4n) is 4.04. The van der Waals surface area contributed by atoms with Gasteiger partial charge in [0.2, 0.25) is 0 Å². The van der Waals surface area contributed by atoms with E-state index in [1.54, 1.807) is 27.7 Å². The Hall–Kier alpha value is -1.80. The van der Waals surface area contributed by atoms with Crippen molar-refractivity contribution in [3.8, 4) is 0 Å². The minimum atomic E-state index is -4.73. The zero-order valence-electron chi connectivity index (χ0n) is 15.6. The maximum atomic E-state index is 13.2. The number of nitrogens with zero attached hydrogens (tertiary/aromatic N) is 1. The Labute approximate surface area is 161 Å². The number of rotatable bonds is 1. The van der Waals surface area contributed by atoms with Crippen LogP contribution in [0.5, 0.6) is 0 Å². The molecule has 1 fully saturated rings. The fourth-order valence-corrected chi connectivity index (χ4v) is 4.22. The Kier molecular flexibility index (Phi) is 5.56. The van der Waals surface area contributed by atoms with Gasteiger partial charge in [-0.05, 0) is 58.7 Å². The van der Waals surface area contributed by atoms with Crippen LogP contribution in [0.3, 0.4) is 0 Å². The van der Waals surface area contributed by atoms with Crippen molar-refractivity contribution < 1.29 is 22.8 Å². The summed E-state index contributed by atoms with van der Waals surface area (Å²) < 4.78 is 39.6. The quantitative estimate of drug-likeness (QED) is 0.698. The molecule has 0 spiro atoms. The number of piperidine rings is 1. The molecule has 1 aliphatic rings. The third-order valence-corrected chi connectivity index (χ3v) is 4.90. The summed E-state index contributed by atoms with van der Waals surface area (Å²) in [4.78, 5) is 26.7. The number of anilines is 1. The molecule has 0 unspecified atom stereocenters. The highest BCUT2D eigenvalue weighted by atomic mass is 35.5. The SMILES string of the molecule is CC1(C)CC(N)CC(C)(C)N1C(=O)C(=O)Nc1ccc(Cl)cc1C(F)(F)F. The molecule has 150 valence electrons. The van der Waals surface area contributed by atoms with Gasteiger partial charge in [-0.2, -0.15) is 13.2 Å². The second kappa shape index (κ2) is 6.98. The van der Waals surface area contributed by atoms with Crippen molar-refractivity contribution in [2.45, 2.75) is 63.8 Å². The lowest BCUT2D eigenvalue weighted by atomic mass is 9.77. The van der Waals surface area contributed by atoms with Gasteiger partial charge in [-0.25, -0.2) is 0 Å². The van der Waals surface area contributed by atoms with Crippen molar-refractivity contribution in [2.75, 3.05) is 5.32 Å². The molecule has 0 radical (unpaired) electrons. The van der Waals surface area contributed by atoms with Gasteiger partial charge in [-0.3, -0.25) is 9.59 Å². The lowest BCUT2D eigenvalue weighted by Crippen LogP contribution is -2.66. The molecule has 1 aromatic rings. The summed E-state index contributed by atoms with van der Waals surface area (Å²) in [5.74, 6) is -2.04. The zero-order valence-corrected chi connectivity index (χ0v) is 16.3. The second-order valence-electron chi connectivity index (χ2n) is 8.08. The van der Waals surface area contributed by atoms with Gasteiger partial charge in [0.25, 0.3) is 0 Å². The van der Waals surface area contributed by atoms with E-state index in [9.17, 15) is 22.8 Å². The Morgan fingerprint density at radius 2 is 1.70 bits per heavy atom. The van der Waals surface area contributed by atoms with E-state index in [4.69, 9.17) is 17.3 Å². The molecule has 1 heterocycles. The molecule has 0 atom stereocenters. The van der Waals surface area contributed by atoms with Gasteiger partial charge in [0.15, 0.2) is 0 Å². The van der Waals surface area contributed by atoms with Gasteiger partial charge in [-0.1, -0.05) is 11.6 Å². The molecule has 1 saturated heterocycles. The van der Waals surface area contributed by atoms with Crippen LogP contribution in [0, 0.1) is 0 Å². The van der Waals surface area contributed by atoms with Crippen molar-refractivity contribution in [3.05, 3.63) is 28.8 Å². The van der Waals surface area contributed by atoms with Crippen molar-refractivity contribution in [1.82, 2.24) is 4.90 Å². The van der Waals surface area contributed by atoms with E-state index in [0.29, 0.717) is 18.9 Å². The van der Waals surface area contributed by atoms with Crippen molar-refractivity contribution >= 4 is 29.1 Å². The van der Waals surface area contributed by atoms with E-state index >= 15 is 0 Å². The Bertz CT molecular complexity index is 745. The highest BCUT2D eigenvalue weighted by Crippen LogP contribution is 2.39. The molecule has 27 heavy (non-hydrogen) atoms. The van der Waals surface area contributed by atoms with Gasteiger partial charge < -0.3 is 16.0 Å². The largest absolute Gasteiger partial charge is 0.418 e. The molecule has 0 bridgehead atoms. The molecule has 5 nitrogen and oxygen atoms in total. The number of likely N-dealkylation sites (tertiary alicyclic amines) is 1. The molecule has 1 aliphatic heterocycles. The average molecular weight is 406 g/mol. The predicted octanol–water partition coefficient (Wildman–Crippen LogP) is 3.80. The van der Waals surface area contributed by atoms with Crippen LogP contribution < -0.4 is 11.1 Å². The Morgan fingerprint density at radius 3 is 2.19 bits per heavy atom. The highest BCUT2D eigenvalue weighted by Gasteiger charge is 2.48. The highest BCUT2D eigenvalue weighted by molar-refractivity contribution is 6.40. The molecule has 9 heteroatoms. The molecular formula is C18H23ClF3N3O2. The van der Waals surface area contributed by atoms with E-state index in [-0.39, 0.29) is 11.1 Å². The minimum Gasteiger partial charge on any atom is -0.328 e. The number of hydrogen-bond donors (Lipinski definition) is 2. The summed E-state index contributed by atoms with van der Waals surface area (Å²) in [5.41, 5.74) is 2.98. The number of nitrogens with one attached hydrogen (secondary N) is 1. The van der Waals surface area contributed by atoms with Crippen LogP contribution in [0.2, 0.25) is 5.02 Å². The summed E-state index contributed by atoms with van der Waals surface area (Å²) in [5, 5.41) is 1.96. The van der Waals surface area contributed by atoms with Crippen LogP contribution in [0.25, 0.3) is 0 Å². The molecule has 0 aromatic heterocycles. The fraction of sp³-hybridized carbons (Fsp3) is 0.556. The first-order valence-corrected chi connectivity index (χ1v) is 8.81. The van der Waals surface area contributed by atoms with Gasteiger partial charge >= 0.3 is 18.0 Å². The minimum absolute atomic E-state index is 0.126. The molecule has 3 N–H and O–H groups in total.